The van der Waals surface area contributed by atoms with Crippen molar-refractivity contribution in [1.82, 2.24) is 10.6 Å². The molecule has 1 saturated heterocycles. The zero-order valence-electron chi connectivity index (χ0n) is 12.9. The van der Waals surface area contributed by atoms with E-state index < -0.39 is 0 Å². The maximum atomic E-state index is 11.9. The van der Waals surface area contributed by atoms with Gasteiger partial charge in [-0.2, -0.15) is 0 Å². The first-order valence-electron chi connectivity index (χ1n) is 7.50. The van der Waals surface area contributed by atoms with E-state index in [1.165, 1.54) is 11.3 Å². The summed E-state index contributed by atoms with van der Waals surface area (Å²) in [4.78, 5) is 14.3. The summed E-state index contributed by atoms with van der Waals surface area (Å²) in [5, 5.41) is 6.09. The molecule has 1 amide bonds. The molecule has 0 saturated carbocycles. The third-order valence-electron chi connectivity index (χ3n) is 4.27. The lowest BCUT2D eigenvalue weighted by atomic mass is 9.95. The first kappa shape index (κ1) is 16.3. The van der Waals surface area contributed by atoms with Crippen LogP contribution in [0.5, 0.6) is 0 Å². The van der Waals surface area contributed by atoms with Crippen LogP contribution in [0.25, 0.3) is 0 Å². The average molecular weight is 354 g/mol. The van der Waals surface area contributed by atoms with E-state index in [4.69, 9.17) is 0 Å². The second-order valence-electron chi connectivity index (χ2n) is 5.61. The molecule has 0 bridgehead atoms. The first-order chi connectivity index (χ1) is 10.1. The molecule has 1 aromatic rings. The van der Waals surface area contributed by atoms with Gasteiger partial charge in [-0.05, 0) is 50.6 Å². The van der Waals surface area contributed by atoms with E-state index >= 15 is 0 Å². The summed E-state index contributed by atoms with van der Waals surface area (Å²) in [6.45, 7) is 3.97. The van der Waals surface area contributed by atoms with E-state index in [-0.39, 0.29) is 17.9 Å². The van der Waals surface area contributed by atoms with Gasteiger partial charge in [-0.3, -0.25) is 4.79 Å². The number of hydrogen-bond acceptors (Lipinski definition) is 3. The van der Waals surface area contributed by atoms with E-state index in [2.05, 4.69) is 56.6 Å². The Labute approximate surface area is 135 Å². The smallest absolute Gasteiger partial charge is 0.224 e. The molecule has 0 aliphatic carbocycles. The van der Waals surface area contributed by atoms with Crippen LogP contribution >= 0.6 is 15.9 Å². The van der Waals surface area contributed by atoms with Gasteiger partial charge in [-0.15, -0.1) is 0 Å². The Morgan fingerprint density at radius 1 is 1.43 bits per heavy atom. The Morgan fingerprint density at radius 3 is 2.86 bits per heavy atom. The van der Waals surface area contributed by atoms with Crippen molar-refractivity contribution >= 4 is 27.5 Å². The molecule has 1 aromatic carbocycles. The monoisotopic (exact) mass is 353 g/mol. The highest BCUT2D eigenvalue weighted by Gasteiger charge is 2.26. The van der Waals surface area contributed by atoms with Gasteiger partial charge < -0.3 is 15.5 Å². The number of halogens is 1. The van der Waals surface area contributed by atoms with Gasteiger partial charge >= 0.3 is 0 Å². The molecule has 1 fully saturated rings. The highest BCUT2D eigenvalue weighted by molar-refractivity contribution is 9.10. The highest BCUT2D eigenvalue weighted by atomic mass is 79.9. The Kier molecular flexibility index (Phi) is 5.65. The fourth-order valence-corrected chi connectivity index (χ4v) is 3.31. The minimum Gasteiger partial charge on any atom is -0.370 e. The number of carbonyl (C=O) groups is 1. The van der Waals surface area contributed by atoms with E-state index in [1.54, 1.807) is 7.05 Å². The predicted molar refractivity (Wildman–Crippen MR) is 90.6 cm³/mol. The van der Waals surface area contributed by atoms with Gasteiger partial charge in [0, 0.05) is 36.3 Å². The summed E-state index contributed by atoms with van der Waals surface area (Å²) in [6, 6.07) is 6.67. The van der Waals surface area contributed by atoms with Gasteiger partial charge in [-0.1, -0.05) is 15.9 Å². The van der Waals surface area contributed by atoms with Crippen molar-refractivity contribution in [2.24, 2.45) is 5.92 Å². The van der Waals surface area contributed by atoms with Crippen molar-refractivity contribution in [2.75, 3.05) is 32.1 Å². The number of amides is 1. The number of carbonyl (C=O) groups excluding carboxylic acids is 1. The van der Waals surface area contributed by atoms with E-state index in [1.807, 2.05) is 7.05 Å². The van der Waals surface area contributed by atoms with Crippen LogP contribution in [0, 0.1) is 5.92 Å². The molecular weight excluding hydrogens is 330 g/mol. The van der Waals surface area contributed by atoms with Gasteiger partial charge in [0.15, 0.2) is 0 Å². The molecule has 1 aliphatic heterocycles. The zero-order chi connectivity index (χ0) is 15.4. The maximum absolute atomic E-state index is 11.9. The minimum absolute atomic E-state index is 0.0881. The molecule has 5 heteroatoms. The summed E-state index contributed by atoms with van der Waals surface area (Å²) in [6.07, 6.45) is 2.03. The second kappa shape index (κ2) is 7.27. The second-order valence-corrected chi connectivity index (χ2v) is 6.53. The summed E-state index contributed by atoms with van der Waals surface area (Å²) < 4.78 is 1.09. The van der Waals surface area contributed by atoms with Crippen LogP contribution in [0.4, 0.5) is 5.69 Å². The molecule has 0 radical (unpaired) electrons. The van der Waals surface area contributed by atoms with Crippen LogP contribution in [-0.2, 0) is 4.79 Å². The Balaban J connectivity index is 2.26. The van der Waals surface area contributed by atoms with Crippen LogP contribution < -0.4 is 15.5 Å². The highest BCUT2D eigenvalue weighted by Crippen LogP contribution is 2.32. The third-order valence-corrected chi connectivity index (χ3v) is 4.76. The van der Waals surface area contributed by atoms with Gasteiger partial charge in [0.2, 0.25) is 5.91 Å². The topological polar surface area (TPSA) is 44.4 Å². The van der Waals surface area contributed by atoms with Crippen molar-refractivity contribution < 1.29 is 4.79 Å². The van der Waals surface area contributed by atoms with Crippen molar-refractivity contribution in [3.63, 3.8) is 0 Å². The molecule has 2 unspecified atom stereocenters. The van der Waals surface area contributed by atoms with Crippen LogP contribution in [0.3, 0.4) is 0 Å². The zero-order valence-corrected chi connectivity index (χ0v) is 14.5. The fraction of sp³-hybridized carbons (Fsp3) is 0.562. The molecule has 1 aliphatic rings. The van der Waals surface area contributed by atoms with Crippen molar-refractivity contribution in [1.29, 1.82) is 0 Å². The van der Waals surface area contributed by atoms with E-state index in [9.17, 15) is 4.79 Å². The Morgan fingerprint density at radius 2 is 2.19 bits per heavy atom. The molecule has 2 rings (SSSR count). The predicted octanol–water partition coefficient (Wildman–Crippen LogP) is 2.69. The van der Waals surface area contributed by atoms with Gasteiger partial charge in [0.1, 0.15) is 0 Å². The van der Waals surface area contributed by atoms with Crippen molar-refractivity contribution in [2.45, 2.75) is 25.8 Å². The van der Waals surface area contributed by atoms with Crippen molar-refractivity contribution in [3.8, 4) is 0 Å². The summed E-state index contributed by atoms with van der Waals surface area (Å²) in [7, 11) is 3.69. The molecule has 4 nitrogen and oxygen atoms in total. The van der Waals surface area contributed by atoms with Gasteiger partial charge in [0.05, 0.1) is 5.92 Å². The minimum atomic E-state index is 0.0881. The number of anilines is 1. The van der Waals surface area contributed by atoms with Crippen LogP contribution in [0.2, 0.25) is 0 Å². The van der Waals surface area contributed by atoms with Gasteiger partial charge in [0.25, 0.3) is 0 Å². The Bertz CT molecular complexity index is 506. The fourth-order valence-electron chi connectivity index (χ4n) is 2.93. The summed E-state index contributed by atoms with van der Waals surface area (Å²) in [5.41, 5.74) is 2.50. The largest absolute Gasteiger partial charge is 0.370 e. The number of rotatable bonds is 4. The summed E-state index contributed by atoms with van der Waals surface area (Å²) in [5.74, 6) is 0.241. The number of nitrogens with zero attached hydrogens (tertiary/aromatic N) is 1. The van der Waals surface area contributed by atoms with Crippen molar-refractivity contribution in [3.05, 3.63) is 28.2 Å². The molecule has 2 N–H and O–H groups in total. The lowest BCUT2D eigenvalue weighted by molar-refractivity contribution is -0.124. The number of hydrogen-bond donors (Lipinski definition) is 2. The normalized spacial score (nSPS) is 20.2. The Hall–Kier alpha value is -1.07. The quantitative estimate of drug-likeness (QED) is 0.874. The molecule has 0 spiro atoms. The lowest BCUT2D eigenvalue weighted by Gasteiger charge is -2.35. The van der Waals surface area contributed by atoms with E-state index in [0.717, 1.165) is 30.4 Å². The standard InChI is InChI=1S/C16H24BrN3O/c1-11(18-2)14-9-13(17)6-7-15(14)20-8-4-5-12(10-20)16(21)19-3/h6-7,9,11-12,18H,4-5,8,10H2,1-3H3,(H,19,21). The SMILES string of the molecule is CNC(=O)C1CCCN(c2ccc(Br)cc2C(C)NC)C1. The van der Waals surface area contributed by atoms with Crippen LogP contribution in [0.15, 0.2) is 22.7 Å². The molecule has 0 aromatic heterocycles. The number of piperidine rings is 1. The first-order valence-corrected chi connectivity index (χ1v) is 8.29. The van der Waals surface area contributed by atoms with E-state index in [0.29, 0.717) is 0 Å². The molecule has 2 atom stereocenters. The summed E-state index contributed by atoms with van der Waals surface area (Å²) >= 11 is 3.55. The molecule has 116 valence electrons. The average Bonchev–Trinajstić information content (AvgIpc) is 2.53. The number of nitrogens with one attached hydrogen (secondary N) is 2. The van der Waals surface area contributed by atoms with Gasteiger partial charge in [-0.25, -0.2) is 0 Å². The van der Waals surface area contributed by atoms with Crippen LogP contribution in [0.1, 0.15) is 31.4 Å². The molecule has 21 heavy (non-hydrogen) atoms. The maximum Gasteiger partial charge on any atom is 0.224 e. The van der Waals surface area contributed by atoms with Crippen LogP contribution in [-0.4, -0.2) is 33.1 Å². The number of benzene rings is 1. The molecular formula is C16H24BrN3O. The third kappa shape index (κ3) is 3.77. The lowest BCUT2D eigenvalue weighted by Crippen LogP contribution is -2.42. The molecule has 1 heterocycles.